The standard InChI is InChI=1S/C20H21FN4O2S/c1-10-16(12(3)26)11(2)22-17(10)18(27)13(4)28-20-24-23-19(25(20)5)14-6-8-15(21)9-7-14/h6-9,13,22H,1-5H3/t13-/m0/s1. The molecule has 0 saturated heterocycles. The molecule has 6 nitrogen and oxygen atoms in total. The lowest BCUT2D eigenvalue weighted by atomic mass is 10.0. The van der Waals surface area contributed by atoms with Gasteiger partial charge in [-0.1, -0.05) is 11.8 Å². The summed E-state index contributed by atoms with van der Waals surface area (Å²) in [6.45, 7) is 6.85. The summed E-state index contributed by atoms with van der Waals surface area (Å²) in [5, 5.41) is 8.48. The molecule has 1 atom stereocenters. The number of carbonyl (C=O) groups excluding carboxylic acids is 2. The molecule has 1 aromatic carbocycles. The second-order valence-electron chi connectivity index (χ2n) is 6.68. The molecule has 1 N–H and O–H groups in total. The van der Waals surface area contributed by atoms with Gasteiger partial charge in [0, 0.05) is 23.9 Å². The zero-order valence-corrected chi connectivity index (χ0v) is 17.1. The van der Waals surface area contributed by atoms with Crippen LogP contribution >= 0.6 is 11.8 Å². The fourth-order valence-corrected chi connectivity index (χ4v) is 4.08. The van der Waals surface area contributed by atoms with Crippen LogP contribution in [-0.2, 0) is 7.05 Å². The molecule has 28 heavy (non-hydrogen) atoms. The van der Waals surface area contributed by atoms with Gasteiger partial charge in [0.25, 0.3) is 0 Å². The number of carbonyl (C=O) groups is 2. The molecule has 0 aliphatic carbocycles. The van der Waals surface area contributed by atoms with Crippen LogP contribution in [0.2, 0.25) is 0 Å². The van der Waals surface area contributed by atoms with E-state index < -0.39 is 5.25 Å². The minimum absolute atomic E-state index is 0.0668. The van der Waals surface area contributed by atoms with Gasteiger partial charge in [-0.05, 0) is 57.5 Å². The third kappa shape index (κ3) is 3.64. The van der Waals surface area contributed by atoms with E-state index in [0.717, 1.165) is 5.56 Å². The Kier molecular flexibility index (Phi) is 5.51. The number of aromatic amines is 1. The number of hydrogen-bond donors (Lipinski definition) is 1. The van der Waals surface area contributed by atoms with Crippen LogP contribution < -0.4 is 0 Å². The van der Waals surface area contributed by atoms with E-state index in [9.17, 15) is 14.0 Å². The van der Waals surface area contributed by atoms with Gasteiger partial charge in [-0.2, -0.15) is 0 Å². The van der Waals surface area contributed by atoms with Gasteiger partial charge in [-0.3, -0.25) is 9.59 Å². The van der Waals surface area contributed by atoms with Crippen molar-refractivity contribution in [1.82, 2.24) is 19.7 Å². The van der Waals surface area contributed by atoms with Gasteiger partial charge >= 0.3 is 0 Å². The lowest BCUT2D eigenvalue weighted by molar-refractivity contribution is 0.0988. The third-order valence-electron chi connectivity index (χ3n) is 4.62. The highest BCUT2D eigenvalue weighted by atomic mass is 32.2. The molecule has 8 heteroatoms. The summed E-state index contributed by atoms with van der Waals surface area (Å²) in [6.07, 6.45) is 0. The summed E-state index contributed by atoms with van der Waals surface area (Å²) in [4.78, 5) is 27.8. The summed E-state index contributed by atoms with van der Waals surface area (Å²) in [5.74, 6) is 0.0986. The Morgan fingerprint density at radius 2 is 1.82 bits per heavy atom. The first-order valence-corrected chi connectivity index (χ1v) is 9.65. The van der Waals surface area contributed by atoms with Gasteiger partial charge in [-0.25, -0.2) is 4.39 Å². The summed E-state index contributed by atoms with van der Waals surface area (Å²) < 4.78 is 14.9. The fourth-order valence-electron chi connectivity index (χ4n) is 3.21. The van der Waals surface area contributed by atoms with Crippen LogP contribution in [-0.4, -0.2) is 36.6 Å². The van der Waals surface area contributed by atoms with Gasteiger partial charge in [0.2, 0.25) is 0 Å². The van der Waals surface area contributed by atoms with Crippen molar-refractivity contribution in [2.45, 2.75) is 38.1 Å². The number of thioether (sulfide) groups is 1. The first-order valence-electron chi connectivity index (χ1n) is 8.77. The SMILES string of the molecule is CC(=O)c1c(C)[nH]c(C(=O)[C@H](C)Sc2nnc(-c3ccc(F)cc3)n2C)c1C. The Morgan fingerprint density at radius 1 is 1.18 bits per heavy atom. The molecule has 0 aliphatic heterocycles. The van der Waals surface area contributed by atoms with E-state index in [0.29, 0.717) is 33.5 Å². The second-order valence-corrected chi connectivity index (χ2v) is 7.99. The minimum Gasteiger partial charge on any atom is -0.355 e. The molecule has 0 bridgehead atoms. The lowest BCUT2D eigenvalue weighted by Gasteiger charge is -2.10. The third-order valence-corrected chi connectivity index (χ3v) is 5.76. The summed E-state index contributed by atoms with van der Waals surface area (Å²) in [7, 11) is 1.80. The quantitative estimate of drug-likeness (QED) is 0.497. The highest BCUT2D eigenvalue weighted by Gasteiger charge is 2.26. The minimum atomic E-state index is -0.430. The predicted octanol–water partition coefficient (Wildman–Crippen LogP) is 4.13. The Hall–Kier alpha value is -2.74. The molecule has 3 aromatic rings. The van der Waals surface area contributed by atoms with Crippen molar-refractivity contribution in [2.24, 2.45) is 7.05 Å². The molecular formula is C20H21FN4O2S. The Morgan fingerprint density at radius 3 is 2.39 bits per heavy atom. The molecule has 0 spiro atoms. The number of nitrogens with zero attached hydrogens (tertiary/aromatic N) is 3. The number of Topliss-reactive ketones (excluding diaryl/α,β-unsaturated/α-hetero) is 2. The Labute approximate surface area is 166 Å². The highest BCUT2D eigenvalue weighted by molar-refractivity contribution is 8.00. The predicted molar refractivity (Wildman–Crippen MR) is 106 cm³/mol. The molecule has 0 radical (unpaired) electrons. The summed E-state index contributed by atoms with van der Waals surface area (Å²) in [5.41, 5.74) is 3.13. The molecule has 0 unspecified atom stereocenters. The number of halogens is 1. The molecule has 2 heterocycles. The van der Waals surface area contributed by atoms with E-state index in [4.69, 9.17) is 0 Å². The van der Waals surface area contributed by atoms with Crippen molar-refractivity contribution >= 4 is 23.3 Å². The maximum absolute atomic E-state index is 13.1. The van der Waals surface area contributed by atoms with Crippen LogP contribution in [0.1, 0.15) is 46.0 Å². The van der Waals surface area contributed by atoms with Crippen LogP contribution in [0.4, 0.5) is 4.39 Å². The average molecular weight is 400 g/mol. The maximum atomic E-state index is 13.1. The number of aromatic nitrogens is 4. The van der Waals surface area contributed by atoms with Gasteiger partial charge in [-0.15, -0.1) is 10.2 Å². The fraction of sp³-hybridized carbons (Fsp3) is 0.300. The van der Waals surface area contributed by atoms with Crippen LogP contribution in [0.15, 0.2) is 29.4 Å². The molecular weight excluding hydrogens is 379 g/mol. The van der Waals surface area contributed by atoms with Gasteiger partial charge in [0.1, 0.15) is 5.82 Å². The topological polar surface area (TPSA) is 80.6 Å². The summed E-state index contributed by atoms with van der Waals surface area (Å²) in [6, 6.07) is 6.01. The monoisotopic (exact) mass is 400 g/mol. The average Bonchev–Trinajstić information content (AvgIpc) is 3.14. The largest absolute Gasteiger partial charge is 0.355 e. The van der Waals surface area contributed by atoms with E-state index in [2.05, 4.69) is 15.2 Å². The van der Waals surface area contributed by atoms with Crippen LogP contribution in [0.3, 0.4) is 0 Å². The number of H-pyrrole nitrogens is 1. The summed E-state index contributed by atoms with van der Waals surface area (Å²) >= 11 is 1.28. The van der Waals surface area contributed by atoms with E-state index in [-0.39, 0.29) is 17.4 Å². The zero-order chi connectivity index (χ0) is 20.6. The molecule has 0 amide bonds. The van der Waals surface area contributed by atoms with Crippen LogP contribution in [0, 0.1) is 19.7 Å². The maximum Gasteiger partial charge on any atom is 0.192 e. The van der Waals surface area contributed by atoms with Crippen molar-refractivity contribution < 1.29 is 14.0 Å². The van der Waals surface area contributed by atoms with E-state index in [1.54, 1.807) is 44.5 Å². The molecule has 146 valence electrons. The number of nitrogens with one attached hydrogen (secondary N) is 1. The van der Waals surface area contributed by atoms with E-state index >= 15 is 0 Å². The normalized spacial score (nSPS) is 12.2. The smallest absolute Gasteiger partial charge is 0.192 e. The Balaban J connectivity index is 1.83. The van der Waals surface area contributed by atoms with Gasteiger partial charge in [0.05, 0.1) is 10.9 Å². The molecule has 0 aliphatic rings. The zero-order valence-electron chi connectivity index (χ0n) is 16.3. The van der Waals surface area contributed by atoms with Crippen molar-refractivity contribution in [3.05, 3.63) is 52.6 Å². The number of benzene rings is 1. The Bertz CT molecular complexity index is 1050. The molecule has 0 fully saturated rings. The highest BCUT2D eigenvalue weighted by Crippen LogP contribution is 2.29. The molecule has 2 aromatic heterocycles. The van der Waals surface area contributed by atoms with E-state index in [1.807, 2.05) is 0 Å². The van der Waals surface area contributed by atoms with Gasteiger partial charge in [0.15, 0.2) is 22.5 Å². The van der Waals surface area contributed by atoms with E-state index in [1.165, 1.54) is 30.8 Å². The van der Waals surface area contributed by atoms with Gasteiger partial charge < -0.3 is 9.55 Å². The van der Waals surface area contributed by atoms with Crippen LogP contribution in [0.25, 0.3) is 11.4 Å². The molecule has 0 saturated carbocycles. The molecule has 3 rings (SSSR count). The first kappa shape index (κ1) is 20.0. The van der Waals surface area contributed by atoms with Crippen molar-refractivity contribution in [3.8, 4) is 11.4 Å². The number of aryl methyl sites for hydroxylation is 1. The van der Waals surface area contributed by atoms with Crippen LogP contribution in [0.5, 0.6) is 0 Å². The number of rotatable bonds is 6. The number of ketones is 2. The van der Waals surface area contributed by atoms with Crippen molar-refractivity contribution in [2.75, 3.05) is 0 Å². The van der Waals surface area contributed by atoms with Crippen molar-refractivity contribution in [1.29, 1.82) is 0 Å². The number of hydrogen-bond acceptors (Lipinski definition) is 5. The second kappa shape index (κ2) is 7.71. The lowest BCUT2D eigenvalue weighted by Crippen LogP contribution is -2.16. The first-order chi connectivity index (χ1) is 13.2. The van der Waals surface area contributed by atoms with Crippen molar-refractivity contribution in [3.63, 3.8) is 0 Å².